The molecule has 0 aliphatic carbocycles. The summed E-state index contributed by atoms with van der Waals surface area (Å²) in [4.78, 5) is 43.0. The van der Waals surface area contributed by atoms with Crippen LogP contribution >= 0.6 is 0 Å². The molecular formula is C7H10N2O6. The van der Waals surface area contributed by atoms with Gasteiger partial charge in [-0.1, -0.05) is 0 Å². The van der Waals surface area contributed by atoms with Gasteiger partial charge in [-0.2, -0.15) is 0 Å². The molecular weight excluding hydrogens is 208 g/mol. The normalized spacial score (nSPS) is 10.3. The van der Waals surface area contributed by atoms with Crippen molar-refractivity contribution in [2.75, 3.05) is 0 Å². The molecule has 2 amide bonds. The van der Waals surface area contributed by atoms with Gasteiger partial charge in [0.25, 0.3) is 0 Å². The summed E-state index contributed by atoms with van der Waals surface area (Å²) in [7, 11) is 0. The van der Waals surface area contributed by atoms with E-state index < -0.39 is 29.5 Å². The molecule has 0 bridgehead atoms. The Kier molecular flexibility index (Phi) is 3.78. The van der Waals surface area contributed by atoms with E-state index in [9.17, 15) is 19.2 Å². The minimum atomic E-state index is -2.88. The van der Waals surface area contributed by atoms with Gasteiger partial charge in [0.15, 0.2) is 0 Å². The molecule has 0 heterocycles. The van der Waals surface area contributed by atoms with Crippen molar-refractivity contribution in [3.63, 3.8) is 0 Å². The van der Waals surface area contributed by atoms with Crippen LogP contribution in [0.5, 0.6) is 0 Å². The van der Waals surface area contributed by atoms with Crippen molar-refractivity contribution in [3.05, 3.63) is 0 Å². The Balaban J connectivity index is 5.26. The largest absolute Gasteiger partial charge is 0.418 e. The average molecular weight is 218 g/mol. The fourth-order valence-electron chi connectivity index (χ4n) is 0.748. The lowest BCUT2D eigenvalue weighted by Crippen LogP contribution is -2.59. The van der Waals surface area contributed by atoms with Crippen LogP contribution in [0.4, 0.5) is 0 Å². The Hall–Kier alpha value is -2.12. The number of nitrogens with two attached hydrogens (primary N) is 2. The number of amides is 2. The average Bonchev–Trinajstić information content (AvgIpc) is 1.99. The van der Waals surface area contributed by atoms with Crippen molar-refractivity contribution in [2.24, 2.45) is 11.5 Å². The fraction of sp³-hybridized carbons (Fsp3) is 0.429. The molecule has 0 aliphatic heterocycles. The molecule has 0 spiro atoms. The molecule has 0 saturated heterocycles. The molecule has 0 radical (unpaired) electrons. The second kappa shape index (κ2) is 4.40. The molecule has 0 unspecified atom stereocenters. The maximum atomic E-state index is 10.9. The molecule has 0 saturated carbocycles. The minimum absolute atomic E-state index is 0.893. The number of primary amides is 2. The molecule has 0 aromatic heterocycles. The van der Waals surface area contributed by atoms with E-state index in [1.165, 1.54) is 0 Å². The lowest BCUT2D eigenvalue weighted by atomic mass is 10.2. The first kappa shape index (κ1) is 12.9. The SMILES string of the molecule is CC(=O)OC(OC(C)=O)(C(N)=O)C(N)=O. The minimum Gasteiger partial charge on any atom is -0.406 e. The van der Waals surface area contributed by atoms with Gasteiger partial charge in [0, 0.05) is 13.8 Å². The number of carbonyl (C=O) groups is 4. The van der Waals surface area contributed by atoms with Crippen LogP contribution < -0.4 is 11.5 Å². The zero-order chi connectivity index (χ0) is 12.2. The van der Waals surface area contributed by atoms with Crippen LogP contribution in [0.15, 0.2) is 0 Å². The van der Waals surface area contributed by atoms with E-state index in [0.717, 1.165) is 13.8 Å². The quantitative estimate of drug-likeness (QED) is 0.311. The van der Waals surface area contributed by atoms with Gasteiger partial charge in [-0.3, -0.25) is 19.2 Å². The zero-order valence-corrected chi connectivity index (χ0v) is 8.10. The molecule has 0 aliphatic rings. The summed E-state index contributed by atoms with van der Waals surface area (Å²) in [5.74, 6) is -7.94. The Labute approximate surface area is 84.5 Å². The smallest absolute Gasteiger partial charge is 0.406 e. The molecule has 0 fully saturated rings. The molecule has 8 nitrogen and oxygen atoms in total. The molecule has 84 valence electrons. The van der Waals surface area contributed by atoms with Gasteiger partial charge >= 0.3 is 29.5 Å². The summed E-state index contributed by atoms with van der Waals surface area (Å²) < 4.78 is 8.48. The van der Waals surface area contributed by atoms with Gasteiger partial charge in [0.2, 0.25) is 0 Å². The molecule has 0 aromatic rings. The van der Waals surface area contributed by atoms with E-state index in [1.807, 2.05) is 0 Å². The van der Waals surface area contributed by atoms with Crippen LogP contribution in [-0.2, 0) is 28.7 Å². The van der Waals surface area contributed by atoms with Crippen LogP contribution in [0.3, 0.4) is 0 Å². The molecule has 0 atom stereocenters. The van der Waals surface area contributed by atoms with Crippen molar-refractivity contribution in [3.8, 4) is 0 Å². The van der Waals surface area contributed by atoms with Crippen molar-refractivity contribution in [2.45, 2.75) is 19.6 Å². The summed E-state index contributed by atoms with van der Waals surface area (Å²) in [5, 5.41) is 0. The lowest BCUT2D eigenvalue weighted by molar-refractivity contribution is -0.221. The predicted molar refractivity (Wildman–Crippen MR) is 44.7 cm³/mol. The van der Waals surface area contributed by atoms with Crippen LogP contribution in [0.1, 0.15) is 13.8 Å². The van der Waals surface area contributed by atoms with Gasteiger partial charge in [-0.05, 0) is 0 Å². The third-order valence-corrected chi connectivity index (χ3v) is 1.22. The molecule has 4 N–H and O–H groups in total. The highest BCUT2D eigenvalue weighted by atomic mass is 16.7. The Morgan fingerprint density at radius 2 is 1.13 bits per heavy atom. The summed E-state index contributed by atoms with van der Waals surface area (Å²) in [5.41, 5.74) is 9.55. The molecule has 0 rings (SSSR count). The predicted octanol–water partition coefficient (Wildman–Crippen LogP) is -2.22. The highest BCUT2D eigenvalue weighted by Crippen LogP contribution is 2.13. The molecule has 0 aromatic carbocycles. The first-order valence-corrected chi connectivity index (χ1v) is 3.71. The third-order valence-electron chi connectivity index (χ3n) is 1.22. The van der Waals surface area contributed by atoms with Crippen LogP contribution in [0, 0.1) is 0 Å². The lowest BCUT2D eigenvalue weighted by Gasteiger charge is -2.24. The van der Waals surface area contributed by atoms with E-state index >= 15 is 0 Å². The van der Waals surface area contributed by atoms with Gasteiger partial charge in [0.1, 0.15) is 0 Å². The number of carbonyl (C=O) groups excluding carboxylic acids is 4. The summed E-state index contributed by atoms with van der Waals surface area (Å²) in [6.45, 7) is 1.79. The van der Waals surface area contributed by atoms with Crippen molar-refractivity contribution in [1.29, 1.82) is 0 Å². The number of esters is 2. The Bertz CT molecular complexity index is 291. The van der Waals surface area contributed by atoms with E-state index in [2.05, 4.69) is 9.47 Å². The van der Waals surface area contributed by atoms with Gasteiger partial charge in [-0.25, -0.2) is 0 Å². The third kappa shape index (κ3) is 2.93. The molecule has 15 heavy (non-hydrogen) atoms. The monoisotopic (exact) mass is 218 g/mol. The van der Waals surface area contributed by atoms with E-state index in [4.69, 9.17) is 11.5 Å². The zero-order valence-electron chi connectivity index (χ0n) is 8.10. The van der Waals surface area contributed by atoms with Crippen molar-refractivity contribution < 1.29 is 28.7 Å². The second-order valence-corrected chi connectivity index (χ2v) is 2.53. The first-order chi connectivity index (χ1) is 6.72. The van der Waals surface area contributed by atoms with Crippen LogP contribution in [0.2, 0.25) is 0 Å². The van der Waals surface area contributed by atoms with Gasteiger partial charge in [-0.15, -0.1) is 0 Å². The summed E-state index contributed by atoms with van der Waals surface area (Å²) in [6.07, 6.45) is 0. The molecule has 8 heteroatoms. The highest BCUT2D eigenvalue weighted by molar-refractivity contribution is 6.08. The van der Waals surface area contributed by atoms with Gasteiger partial charge in [0.05, 0.1) is 0 Å². The number of hydrogen-bond acceptors (Lipinski definition) is 6. The van der Waals surface area contributed by atoms with Crippen molar-refractivity contribution >= 4 is 23.8 Å². The Morgan fingerprint density at radius 3 is 1.27 bits per heavy atom. The number of ether oxygens (including phenoxy) is 2. The summed E-state index contributed by atoms with van der Waals surface area (Å²) >= 11 is 0. The van der Waals surface area contributed by atoms with Gasteiger partial charge < -0.3 is 20.9 Å². The summed E-state index contributed by atoms with van der Waals surface area (Å²) in [6, 6.07) is 0. The number of hydrogen-bond donors (Lipinski definition) is 2. The van der Waals surface area contributed by atoms with E-state index in [-0.39, 0.29) is 0 Å². The standard InChI is InChI=1S/C7H10N2O6/c1-3(10)14-7(5(8)12,6(9)13)15-4(2)11/h1-2H3,(H2,8,12)(H2,9,13). The van der Waals surface area contributed by atoms with Crippen molar-refractivity contribution in [1.82, 2.24) is 0 Å². The first-order valence-electron chi connectivity index (χ1n) is 3.71. The maximum absolute atomic E-state index is 10.9. The topological polar surface area (TPSA) is 139 Å². The fourth-order valence-corrected chi connectivity index (χ4v) is 0.748. The number of rotatable bonds is 4. The van der Waals surface area contributed by atoms with Crippen LogP contribution in [-0.4, -0.2) is 29.5 Å². The highest BCUT2D eigenvalue weighted by Gasteiger charge is 2.51. The maximum Gasteiger partial charge on any atom is 0.418 e. The van der Waals surface area contributed by atoms with E-state index in [0.29, 0.717) is 0 Å². The van der Waals surface area contributed by atoms with Crippen LogP contribution in [0.25, 0.3) is 0 Å². The van der Waals surface area contributed by atoms with E-state index in [1.54, 1.807) is 0 Å². The second-order valence-electron chi connectivity index (χ2n) is 2.53. The Morgan fingerprint density at radius 1 is 0.867 bits per heavy atom.